The van der Waals surface area contributed by atoms with Crippen LogP contribution in [-0.4, -0.2) is 23.8 Å². The van der Waals surface area contributed by atoms with Crippen LogP contribution in [0.25, 0.3) is 0 Å². The molecule has 0 aliphatic heterocycles. The summed E-state index contributed by atoms with van der Waals surface area (Å²) in [4.78, 5) is 22.4. The summed E-state index contributed by atoms with van der Waals surface area (Å²) in [5.74, 6) is -1.19. The second-order valence-electron chi connectivity index (χ2n) is 3.13. The van der Waals surface area contributed by atoms with Gasteiger partial charge in [0.05, 0.1) is 11.3 Å². The van der Waals surface area contributed by atoms with E-state index >= 15 is 0 Å². The van der Waals surface area contributed by atoms with E-state index < -0.39 is 12.1 Å². The van der Waals surface area contributed by atoms with Crippen LogP contribution in [0.3, 0.4) is 0 Å². The van der Waals surface area contributed by atoms with Crippen molar-refractivity contribution in [2.75, 3.05) is 11.9 Å². The zero-order valence-electron chi connectivity index (χ0n) is 9.07. The molecule has 2 N–H and O–H groups in total. The fourth-order valence-corrected chi connectivity index (χ4v) is 2.31. The first kappa shape index (κ1) is 14.8. The number of carbonyl (C=O) groups excluding carboxylic acids is 1. The van der Waals surface area contributed by atoms with Gasteiger partial charge in [-0.3, -0.25) is 5.32 Å². The Kier molecular flexibility index (Phi) is 5.42. The fourth-order valence-electron chi connectivity index (χ4n) is 1.14. The Labute approximate surface area is 122 Å². The van der Waals surface area contributed by atoms with Gasteiger partial charge in [-0.2, -0.15) is 0 Å². The number of carboxylic acid groups (broad SMARTS) is 1. The minimum atomic E-state index is -1.19. The van der Waals surface area contributed by atoms with E-state index in [0.717, 1.165) is 0 Å². The van der Waals surface area contributed by atoms with Gasteiger partial charge in [-0.15, -0.1) is 0 Å². The SMILES string of the molecule is C=CCOC(=O)Nc1c(I)cc(Cl)cc1C(=O)O. The monoisotopic (exact) mass is 381 g/mol. The van der Waals surface area contributed by atoms with Gasteiger partial charge in [0, 0.05) is 8.59 Å². The Morgan fingerprint density at radius 1 is 1.56 bits per heavy atom. The lowest BCUT2D eigenvalue weighted by Crippen LogP contribution is -2.17. The van der Waals surface area contributed by atoms with Crippen molar-refractivity contribution in [3.8, 4) is 0 Å². The van der Waals surface area contributed by atoms with Crippen molar-refractivity contribution in [2.24, 2.45) is 0 Å². The van der Waals surface area contributed by atoms with Crippen molar-refractivity contribution in [3.63, 3.8) is 0 Å². The van der Waals surface area contributed by atoms with Gasteiger partial charge in [0.1, 0.15) is 6.61 Å². The lowest BCUT2D eigenvalue weighted by atomic mass is 10.2. The molecule has 1 aromatic rings. The molecule has 0 spiro atoms. The van der Waals surface area contributed by atoms with E-state index in [0.29, 0.717) is 3.57 Å². The summed E-state index contributed by atoms with van der Waals surface area (Å²) >= 11 is 7.64. The van der Waals surface area contributed by atoms with Crippen LogP contribution in [0.4, 0.5) is 10.5 Å². The standard InChI is InChI=1S/C11H9ClINO4/c1-2-3-18-11(17)14-9-7(10(15)16)4-6(12)5-8(9)13/h2,4-5H,1,3H2,(H,14,17)(H,15,16). The lowest BCUT2D eigenvalue weighted by Gasteiger charge is -2.11. The molecule has 0 radical (unpaired) electrons. The number of ether oxygens (including phenoxy) is 1. The Hall–Kier alpha value is -1.28. The zero-order chi connectivity index (χ0) is 13.7. The molecular weight excluding hydrogens is 372 g/mol. The predicted octanol–water partition coefficient (Wildman–Crippen LogP) is 3.38. The van der Waals surface area contributed by atoms with Crippen molar-refractivity contribution in [3.05, 3.63) is 38.9 Å². The summed E-state index contributed by atoms with van der Waals surface area (Å²) in [7, 11) is 0. The van der Waals surface area contributed by atoms with Gasteiger partial charge >= 0.3 is 12.1 Å². The normalized spacial score (nSPS) is 9.67. The Morgan fingerprint density at radius 2 is 2.22 bits per heavy atom. The lowest BCUT2D eigenvalue weighted by molar-refractivity contribution is 0.0698. The number of nitrogens with one attached hydrogen (secondary N) is 1. The van der Waals surface area contributed by atoms with Gasteiger partial charge in [-0.05, 0) is 34.7 Å². The molecule has 0 saturated heterocycles. The minimum absolute atomic E-state index is 0.0401. The summed E-state index contributed by atoms with van der Waals surface area (Å²) in [6.07, 6.45) is 0.655. The maximum Gasteiger partial charge on any atom is 0.411 e. The molecule has 0 bridgehead atoms. The largest absolute Gasteiger partial charge is 0.478 e. The number of amides is 1. The number of aromatic carboxylic acids is 1. The molecule has 1 amide bonds. The first-order valence-electron chi connectivity index (χ1n) is 4.72. The van der Waals surface area contributed by atoms with Crippen molar-refractivity contribution in [1.29, 1.82) is 0 Å². The second kappa shape index (κ2) is 6.60. The first-order chi connectivity index (χ1) is 8.45. The van der Waals surface area contributed by atoms with Gasteiger partial charge in [0.2, 0.25) is 0 Å². The summed E-state index contributed by atoms with van der Waals surface area (Å²) < 4.78 is 5.23. The highest BCUT2D eigenvalue weighted by Gasteiger charge is 2.17. The zero-order valence-corrected chi connectivity index (χ0v) is 12.0. The average Bonchev–Trinajstić information content (AvgIpc) is 2.29. The molecule has 96 valence electrons. The maximum atomic E-state index is 11.4. The van der Waals surface area contributed by atoms with E-state index in [1.54, 1.807) is 0 Å². The van der Waals surface area contributed by atoms with E-state index in [1.165, 1.54) is 18.2 Å². The summed E-state index contributed by atoms with van der Waals surface area (Å²) in [5.41, 5.74) is 0.0593. The van der Waals surface area contributed by atoms with Crippen LogP contribution in [0.2, 0.25) is 5.02 Å². The van der Waals surface area contributed by atoms with Gasteiger partial charge in [0.15, 0.2) is 0 Å². The van der Waals surface area contributed by atoms with Crippen molar-refractivity contribution in [1.82, 2.24) is 0 Å². The van der Waals surface area contributed by atoms with Crippen LogP contribution in [0.5, 0.6) is 0 Å². The van der Waals surface area contributed by atoms with E-state index in [2.05, 4.69) is 11.9 Å². The number of halogens is 2. The number of carboxylic acids is 1. The van der Waals surface area contributed by atoms with Crippen molar-refractivity contribution >= 4 is 51.9 Å². The molecule has 0 aliphatic carbocycles. The number of hydrogen-bond donors (Lipinski definition) is 2. The molecule has 0 aromatic heterocycles. The summed E-state index contributed by atoms with van der Waals surface area (Å²) in [5, 5.41) is 11.7. The Bertz CT molecular complexity index is 504. The molecular formula is C11H9ClINO4. The molecule has 7 heteroatoms. The molecule has 0 fully saturated rings. The smallest absolute Gasteiger partial charge is 0.411 e. The van der Waals surface area contributed by atoms with Crippen LogP contribution < -0.4 is 5.32 Å². The highest BCUT2D eigenvalue weighted by molar-refractivity contribution is 14.1. The van der Waals surface area contributed by atoms with Gasteiger partial charge in [-0.25, -0.2) is 9.59 Å². The number of anilines is 1. The van der Waals surface area contributed by atoms with Gasteiger partial charge < -0.3 is 9.84 Å². The van der Waals surface area contributed by atoms with Crippen LogP contribution in [-0.2, 0) is 4.74 Å². The molecule has 0 saturated carbocycles. The Balaban J connectivity index is 3.03. The van der Waals surface area contributed by atoms with Crippen molar-refractivity contribution < 1.29 is 19.4 Å². The van der Waals surface area contributed by atoms with E-state index in [4.69, 9.17) is 21.4 Å². The molecule has 0 atom stereocenters. The minimum Gasteiger partial charge on any atom is -0.478 e. The van der Waals surface area contributed by atoms with E-state index in [-0.39, 0.29) is 22.9 Å². The molecule has 5 nitrogen and oxygen atoms in total. The number of hydrogen-bond acceptors (Lipinski definition) is 3. The van der Waals surface area contributed by atoms with E-state index in [9.17, 15) is 9.59 Å². The van der Waals surface area contributed by atoms with Gasteiger partial charge in [0.25, 0.3) is 0 Å². The van der Waals surface area contributed by atoms with Crippen LogP contribution >= 0.6 is 34.2 Å². The summed E-state index contributed by atoms with van der Waals surface area (Å²) in [6, 6.07) is 2.80. The average molecular weight is 382 g/mol. The quantitative estimate of drug-likeness (QED) is 0.619. The van der Waals surface area contributed by atoms with E-state index in [1.807, 2.05) is 22.6 Å². The molecule has 1 aromatic carbocycles. The first-order valence-corrected chi connectivity index (χ1v) is 6.18. The molecule has 18 heavy (non-hydrogen) atoms. The second-order valence-corrected chi connectivity index (χ2v) is 4.73. The number of benzene rings is 1. The Morgan fingerprint density at radius 3 is 2.78 bits per heavy atom. The number of rotatable bonds is 4. The fraction of sp³-hybridized carbons (Fsp3) is 0.0909. The molecule has 1 rings (SSSR count). The van der Waals surface area contributed by atoms with Gasteiger partial charge in [-0.1, -0.05) is 24.3 Å². The third kappa shape index (κ3) is 3.88. The third-order valence-electron chi connectivity index (χ3n) is 1.84. The van der Waals surface area contributed by atoms with Crippen molar-refractivity contribution in [2.45, 2.75) is 0 Å². The molecule has 0 unspecified atom stereocenters. The third-order valence-corrected chi connectivity index (χ3v) is 2.91. The van der Waals surface area contributed by atoms with Crippen LogP contribution in [0.1, 0.15) is 10.4 Å². The molecule has 0 heterocycles. The maximum absolute atomic E-state index is 11.4. The van der Waals surface area contributed by atoms with Crippen LogP contribution in [0.15, 0.2) is 24.8 Å². The van der Waals surface area contributed by atoms with Crippen LogP contribution in [0, 0.1) is 3.57 Å². The highest BCUT2D eigenvalue weighted by atomic mass is 127. The topological polar surface area (TPSA) is 75.6 Å². The molecule has 0 aliphatic rings. The highest BCUT2D eigenvalue weighted by Crippen LogP contribution is 2.27. The number of carbonyl (C=O) groups is 2. The summed E-state index contributed by atoms with van der Waals surface area (Å²) in [6.45, 7) is 3.44. The predicted molar refractivity (Wildman–Crippen MR) is 76.3 cm³/mol.